The molecular weight excluding hydrogens is 297 g/mol. The molecule has 0 atom stereocenters. The second kappa shape index (κ2) is 5.92. The molecule has 0 unspecified atom stereocenters. The summed E-state index contributed by atoms with van der Waals surface area (Å²) in [5, 5.41) is 0. The van der Waals surface area contributed by atoms with Crippen LogP contribution in [-0.4, -0.2) is 14.3 Å². The summed E-state index contributed by atoms with van der Waals surface area (Å²) in [5.74, 6) is -2.28. The number of benzene rings is 2. The molecule has 110 valence electrons. The van der Waals surface area contributed by atoms with E-state index in [2.05, 4.69) is 0 Å². The molecule has 21 heavy (non-hydrogen) atoms. The monoisotopic (exact) mass is 309 g/mol. The highest BCUT2D eigenvalue weighted by molar-refractivity contribution is 7.86. The van der Waals surface area contributed by atoms with Gasteiger partial charge in [0.1, 0.15) is 11.6 Å². The maximum atomic E-state index is 13.5. The van der Waals surface area contributed by atoms with Crippen LogP contribution in [0.15, 0.2) is 48.5 Å². The second-order valence-corrected chi connectivity index (χ2v) is 5.81. The lowest BCUT2D eigenvalue weighted by molar-refractivity contribution is 0.0999. The van der Waals surface area contributed by atoms with E-state index in [9.17, 15) is 17.6 Å². The maximum absolute atomic E-state index is 13.5. The lowest BCUT2D eigenvalue weighted by Crippen LogP contribution is -2.17. The Morgan fingerprint density at radius 1 is 1.10 bits per heavy atom. The predicted octanol–water partition coefficient (Wildman–Crippen LogP) is 1.83. The second-order valence-electron chi connectivity index (χ2n) is 4.24. The summed E-state index contributed by atoms with van der Waals surface area (Å²) in [7, 11) is -4.11. The van der Waals surface area contributed by atoms with Gasteiger partial charge in [0, 0.05) is 5.56 Å². The van der Waals surface area contributed by atoms with Crippen molar-refractivity contribution in [2.45, 2.75) is 5.75 Å². The van der Waals surface area contributed by atoms with Crippen LogP contribution in [0.25, 0.3) is 0 Å². The van der Waals surface area contributed by atoms with E-state index in [-0.39, 0.29) is 16.9 Å². The Morgan fingerprint density at radius 2 is 1.71 bits per heavy atom. The average molecular weight is 309 g/mol. The van der Waals surface area contributed by atoms with Gasteiger partial charge in [0.05, 0.1) is 5.56 Å². The number of rotatable bonds is 5. The quantitative estimate of drug-likeness (QED) is 0.854. The molecule has 0 aliphatic heterocycles. The van der Waals surface area contributed by atoms with Crippen LogP contribution in [0.5, 0.6) is 5.75 Å². The van der Waals surface area contributed by atoms with Gasteiger partial charge in [-0.05, 0) is 18.2 Å². The maximum Gasteiger partial charge on any atom is 0.313 e. The fourth-order valence-corrected chi connectivity index (χ4v) is 2.81. The van der Waals surface area contributed by atoms with Crippen LogP contribution in [0.2, 0.25) is 0 Å². The Kier molecular flexibility index (Phi) is 4.23. The van der Waals surface area contributed by atoms with E-state index in [1.165, 1.54) is 42.5 Å². The number of carbonyl (C=O) groups excluding carboxylic acids is 1. The molecule has 2 N–H and O–H groups in total. The van der Waals surface area contributed by atoms with Gasteiger partial charge in [-0.15, -0.1) is 0 Å². The first-order valence-corrected chi connectivity index (χ1v) is 7.51. The van der Waals surface area contributed by atoms with Crippen molar-refractivity contribution < 1.29 is 21.8 Å². The summed E-state index contributed by atoms with van der Waals surface area (Å²) in [6.45, 7) is 0. The first kappa shape index (κ1) is 15.0. The molecule has 0 aliphatic rings. The topological polar surface area (TPSA) is 86.5 Å². The van der Waals surface area contributed by atoms with Crippen molar-refractivity contribution >= 4 is 16.0 Å². The van der Waals surface area contributed by atoms with E-state index in [0.29, 0.717) is 0 Å². The molecule has 0 spiro atoms. The first-order chi connectivity index (χ1) is 9.89. The fourth-order valence-electron chi connectivity index (χ4n) is 1.72. The van der Waals surface area contributed by atoms with Gasteiger partial charge in [0.25, 0.3) is 5.91 Å². The smallest absolute Gasteiger partial charge is 0.313 e. The zero-order valence-electron chi connectivity index (χ0n) is 10.8. The Balaban J connectivity index is 2.27. The molecule has 0 saturated heterocycles. The predicted molar refractivity (Wildman–Crippen MR) is 74.6 cm³/mol. The lowest BCUT2D eigenvalue weighted by atomic mass is 10.2. The van der Waals surface area contributed by atoms with E-state index >= 15 is 0 Å². The zero-order chi connectivity index (χ0) is 15.5. The minimum absolute atomic E-state index is 0.0194. The van der Waals surface area contributed by atoms with Crippen molar-refractivity contribution in [2.24, 2.45) is 5.73 Å². The minimum Gasteiger partial charge on any atom is -0.381 e. The Morgan fingerprint density at radius 3 is 2.38 bits per heavy atom. The van der Waals surface area contributed by atoms with Crippen LogP contribution in [0, 0.1) is 5.82 Å². The molecule has 2 rings (SSSR count). The summed E-state index contributed by atoms with van der Waals surface area (Å²) in [6, 6.07) is 11.1. The number of carbonyl (C=O) groups is 1. The van der Waals surface area contributed by atoms with Gasteiger partial charge in [0.15, 0.2) is 5.75 Å². The summed E-state index contributed by atoms with van der Waals surface area (Å²) in [6.07, 6.45) is 0. The Bertz CT molecular complexity index is 774. The highest BCUT2D eigenvalue weighted by Crippen LogP contribution is 2.21. The SMILES string of the molecule is NC(=O)c1ccccc1OS(=O)(=O)Cc1ccccc1F. The van der Waals surface area contributed by atoms with Gasteiger partial charge >= 0.3 is 10.1 Å². The van der Waals surface area contributed by atoms with E-state index in [4.69, 9.17) is 9.92 Å². The van der Waals surface area contributed by atoms with Crippen LogP contribution in [0.3, 0.4) is 0 Å². The molecule has 2 aromatic carbocycles. The van der Waals surface area contributed by atoms with Crippen molar-refractivity contribution in [1.82, 2.24) is 0 Å². The summed E-state index contributed by atoms with van der Waals surface area (Å²) >= 11 is 0. The summed E-state index contributed by atoms with van der Waals surface area (Å²) < 4.78 is 42.2. The number of hydrogen-bond donors (Lipinski definition) is 1. The van der Waals surface area contributed by atoms with Gasteiger partial charge < -0.3 is 9.92 Å². The third-order valence-electron chi connectivity index (χ3n) is 2.66. The first-order valence-electron chi connectivity index (χ1n) is 5.93. The van der Waals surface area contributed by atoms with Crippen molar-refractivity contribution in [3.63, 3.8) is 0 Å². The van der Waals surface area contributed by atoms with Crippen LogP contribution >= 0.6 is 0 Å². The largest absolute Gasteiger partial charge is 0.381 e. The molecule has 0 aromatic heterocycles. The number of primary amides is 1. The molecule has 0 fully saturated rings. The molecule has 5 nitrogen and oxygen atoms in total. The molecule has 0 radical (unpaired) electrons. The third kappa shape index (κ3) is 3.79. The number of halogens is 1. The van der Waals surface area contributed by atoms with Gasteiger partial charge in [0.2, 0.25) is 0 Å². The van der Waals surface area contributed by atoms with Crippen LogP contribution in [0.1, 0.15) is 15.9 Å². The molecule has 0 saturated carbocycles. The molecule has 0 bridgehead atoms. The van der Waals surface area contributed by atoms with Crippen LogP contribution < -0.4 is 9.92 Å². The Labute approximate surface area is 121 Å². The molecule has 0 heterocycles. The van der Waals surface area contributed by atoms with Gasteiger partial charge in [-0.2, -0.15) is 8.42 Å². The molecule has 1 amide bonds. The van der Waals surface area contributed by atoms with Gasteiger partial charge in [-0.1, -0.05) is 30.3 Å². The molecule has 2 aromatic rings. The minimum atomic E-state index is -4.11. The van der Waals surface area contributed by atoms with Gasteiger partial charge in [-0.25, -0.2) is 4.39 Å². The van der Waals surface area contributed by atoms with Crippen molar-refractivity contribution in [2.75, 3.05) is 0 Å². The molecular formula is C14H12FNO4S. The highest BCUT2D eigenvalue weighted by Gasteiger charge is 2.19. The Hall–Kier alpha value is -2.41. The summed E-state index contributed by atoms with van der Waals surface area (Å²) in [4.78, 5) is 11.2. The van der Waals surface area contributed by atoms with Crippen molar-refractivity contribution in [1.29, 1.82) is 0 Å². The average Bonchev–Trinajstić information content (AvgIpc) is 2.41. The number of amides is 1. The number of nitrogens with two attached hydrogens (primary N) is 1. The van der Waals surface area contributed by atoms with E-state index in [0.717, 1.165) is 6.07 Å². The molecule has 7 heteroatoms. The van der Waals surface area contributed by atoms with Crippen LogP contribution in [0.4, 0.5) is 4.39 Å². The van der Waals surface area contributed by atoms with Crippen molar-refractivity contribution in [3.05, 3.63) is 65.5 Å². The normalized spacial score (nSPS) is 11.1. The number of para-hydroxylation sites is 1. The zero-order valence-corrected chi connectivity index (χ0v) is 11.6. The standard InChI is InChI=1S/C14H12FNO4S/c15-12-7-3-1-5-10(12)9-21(18,19)20-13-8-4-2-6-11(13)14(16)17/h1-8H,9H2,(H2,16,17). The van der Waals surface area contributed by atoms with Crippen LogP contribution in [-0.2, 0) is 15.9 Å². The number of hydrogen-bond acceptors (Lipinski definition) is 4. The molecule has 0 aliphatic carbocycles. The van der Waals surface area contributed by atoms with Gasteiger partial charge in [-0.3, -0.25) is 4.79 Å². The summed E-state index contributed by atoms with van der Waals surface area (Å²) in [5.41, 5.74) is 5.06. The lowest BCUT2D eigenvalue weighted by Gasteiger charge is -2.10. The van der Waals surface area contributed by atoms with E-state index in [1.54, 1.807) is 0 Å². The van der Waals surface area contributed by atoms with Crippen molar-refractivity contribution in [3.8, 4) is 5.75 Å². The van der Waals surface area contributed by atoms with E-state index < -0.39 is 27.6 Å². The highest BCUT2D eigenvalue weighted by atomic mass is 32.2. The van der Waals surface area contributed by atoms with E-state index in [1.807, 2.05) is 0 Å². The third-order valence-corrected chi connectivity index (χ3v) is 3.76. The fraction of sp³-hybridized carbons (Fsp3) is 0.0714.